The number of unbranched alkanes of at least 4 members (excludes halogenated alkanes) is 1. The first-order valence-corrected chi connectivity index (χ1v) is 6.88. The van der Waals surface area contributed by atoms with Crippen LogP contribution in [0.2, 0.25) is 0 Å². The van der Waals surface area contributed by atoms with Gasteiger partial charge in [-0.1, -0.05) is 25.5 Å². The molecule has 0 bridgehead atoms. The monoisotopic (exact) mass is 277 g/mol. The molecule has 0 atom stereocenters. The molecule has 3 N–H and O–H groups in total. The number of hydrogen-bond acceptors (Lipinski definition) is 3. The number of aryl methyl sites for hydroxylation is 1. The van der Waals surface area contributed by atoms with Crippen LogP contribution in [0.1, 0.15) is 25.3 Å². The Bertz CT molecular complexity index is 460. The van der Waals surface area contributed by atoms with E-state index in [-0.39, 0.29) is 19.0 Å². The van der Waals surface area contributed by atoms with Gasteiger partial charge in [-0.05, 0) is 37.6 Å². The number of amides is 2. The van der Waals surface area contributed by atoms with Gasteiger partial charge in [-0.2, -0.15) is 0 Å². The van der Waals surface area contributed by atoms with E-state index in [2.05, 4.69) is 12.2 Å². The van der Waals surface area contributed by atoms with Crippen molar-refractivity contribution in [2.75, 3.05) is 25.0 Å². The number of rotatable bonds is 8. The zero-order chi connectivity index (χ0) is 15.0. The zero-order valence-corrected chi connectivity index (χ0v) is 12.2. The first-order chi connectivity index (χ1) is 9.51. The predicted molar refractivity (Wildman–Crippen MR) is 80.4 cm³/mol. The molecule has 1 aromatic carbocycles. The maximum absolute atomic E-state index is 12.0. The summed E-state index contributed by atoms with van der Waals surface area (Å²) >= 11 is 0. The summed E-state index contributed by atoms with van der Waals surface area (Å²) in [5, 5.41) is 2.83. The molecule has 0 aliphatic rings. The van der Waals surface area contributed by atoms with Crippen LogP contribution in [0.5, 0.6) is 0 Å². The summed E-state index contributed by atoms with van der Waals surface area (Å²) in [5.41, 5.74) is 7.05. The Hall–Kier alpha value is -1.88. The molecule has 110 valence electrons. The second-order valence-corrected chi connectivity index (χ2v) is 4.95. The molecule has 1 rings (SSSR count). The molecule has 5 nitrogen and oxygen atoms in total. The van der Waals surface area contributed by atoms with Crippen LogP contribution in [0.4, 0.5) is 5.69 Å². The molecule has 0 aliphatic carbocycles. The third-order valence-corrected chi connectivity index (χ3v) is 2.88. The van der Waals surface area contributed by atoms with Gasteiger partial charge in [0, 0.05) is 5.69 Å². The lowest BCUT2D eigenvalue weighted by molar-refractivity contribution is -0.121. The van der Waals surface area contributed by atoms with Gasteiger partial charge in [0.25, 0.3) is 0 Å². The lowest BCUT2D eigenvalue weighted by atomic mass is 10.2. The van der Waals surface area contributed by atoms with Gasteiger partial charge < -0.3 is 11.1 Å². The maximum Gasteiger partial charge on any atom is 0.238 e. The summed E-state index contributed by atoms with van der Waals surface area (Å²) in [4.78, 5) is 24.8. The molecule has 0 unspecified atom stereocenters. The fraction of sp³-hybridized carbons (Fsp3) is 0.467. The molecule has 5 heteroatoms. The second kappa shape index (κ2) is 8.32. The van der Waals surface area contributed by atoms with Crippen molar-refractivity contribution in [2.24, 2.45) is 5.73 Å². The van der Waals surface area contributed by atoms with Crippen molar-refractivity contribution < 1.29 is 9.59 Å². The Morgan fingerprint density at radius 1 is 1.30 bits per heavy atom. The molecule has 1 aromatic rings. The number of carbonyl (C=O) groups is 2. The zero-order valence-electron chi connectivity index (χ0n) is 12.2. The fourth-order valence-corrected chi connectivity index (χ4v) is 1.94. The summed E-state index contributed by atoms with van der Waals surface area (Å²) in [6, 6.07) is 7.61. The fourth-order valence-electron chi connectivity index (χ4n) is 1.94. The Morgan fingerprint density at radius 3 is 2.65 bits per heavy atom. The van der Waals surface area contributed by atoms with Crippen LogP contribution >= 0.6 is 0 Å². The number of nitrogens with zero attached hydrogens (tertiary/aromatic N) is 1. The minimum atomic E-state index is -0.413. The van der Waals surface area contributed by atoms with Crippen molar-refractivity contribution in [3.8, 4) is 0 Å². The lowest BCUT2D eigenvalue weighted by Gasteiger charge is -2.19. The van der Waals surface area contributed by atoms with Crippen LogP contribution in [0.15, 0.2) is 24.3 Å². The predicted octanol–water partition coefficient (Wildman–Crippen LogP) is 1.52. The van der Waals surface area contributed by atoms with E-state index >= 15 is 0 Å². The van der Waals surface area contributed by atoms with E-state index < -0.39 is 5.91 Å². The number of hydrogen-bond donors (Lipinski definition) is 2. The van der Waals surface area contributed by atoms with Crippen LogP contribution in [-0.2, 0) is 9.59 Å². The van der Waals surface area contributed by atoms with Crippen molar-refractivity contribution in [2.45, 2.75) is 26.7 Å². The Labute approximate surface area is 120 Å². The largest absolute Gasteiger partial charge is 0.369 e. The van der Waals surface area contributed by atoms with Gasteiger partial charge >= 0.3 is 0 Å². The summed E-state index contributed by atoms with van der Waals surface area (Å²) in [6.45, 7) is 5.02. The third-order valence-electron chi connectivity index (χ3n) is 2.88. The summed E-state index contributed by atoms with van der Waals surface area (Å²) < 4.78 is 0. The lowest BCUT2D eigenvalue weighted by Crippen LogP contribution is -2.39. The van der Waals surface area contributed by atoms with Gasteiger partial charge in [0.1, 0.15) is 0 Å². The molecule has 0 saturated heterocycles. The maximum atomic E-state index is 12.0. The van der Waals surface area contributed by atoms with Crippen LogP contribution in [0, 0.1) is 6.92 Å². The molecule has 0 heterocycles. The first kappa shape index (κ1) is 16.2. The highest BCUT2D eigenvalue weighted by Gasteiger charge is 2.12. The molecular weight excluding hydrogens is 254 g/mol. The van der Waals surface area contributed by atoms with E-state index in [0.29, 0.717) is 6.54 Å². The number of benzene rings is 1. The summed E-state index contributed by atoms with van der Waals surface area (Å²) in [6.07, 6.45) is 1.94. The molecule has 0 fully saturated rings. The minimum Gasteiger partial charge on any atom is -0.369 e. The Balaban J connectivity index is 2.54. The molecule has 2 amide bonds. The highest BCUT2D eigenvalue weighted by molar-refractivity contribution is 5.92. The van der Waals surface area contributed by atoms with Gasteiger partial charge in [-0.15, -0.1) is 0 Å². The summed E-state index contributed by atoms with van der Waals surface area (Å²) in [5.74, 6) is -0.544. The average molecular weight is 277 g/mol. The number of primary amides is 1. The standard InChI is InChI=1S/C15H23N3O2/c1-3-4-8-18(10-14(16)19)11-15(20)17-13-7-5-6-12(2)9-13/h5-7,9H,3-4,8,10-11H2,1-2H3,(H2,16,19)(H,17,20). The van der Waals surface area contributed by atoms with Crippen molar-refractivity contribution in [1.82, 2.24) is 4.90 Å². The Kier molecular flexibility index (Phi) is 6.73. The molecule has 0 aliphatic heterocycles. The van der Waals surface area contributed by atoms with E-state index in [9.17, 15) is 9.59 Å². The molecule has 0 saturated carbocycles. The van der Waals surface area contributed by atoms with Crippen LogP contribution in [0.3, 0.4) is 0 Å². The highest BCUT2D eigenvalue weighted by atomic mass is 16.2. The van der Waals surface area contributed by atoms with E-state index in [1.54, 1.807) is 4.90 Å². The second-order valence-electron chi connectivity index (χ2n) is 4.95. The SMILES string of the molecule is CCCCN(CC(N)=O)CC(=O)Nc1cccc(C)c1. The number of nitrogens with two attached hydrogens (primary N) is 1. The van der Waals surface area contributed by atoms with E-state index in [0.717, 1.165) is 24.1 Å². The molecule has 0 aromatic heterocycles. The summed E-state index contributed by atoms with van der Waals surface area (Å²) in [7, 11) is 0. The van der Waals surface area contributed by atoms with E-state index in [1.807, 2.05) is 31.2 Å². The number of anilines is 1. The van der Waals surface area contributed by atoms with Crippen molar-refractivity contribution >= 4 is 17.5 Å². The topological polar surface area (TPSA) is 75.4 Å². The van der Waals surface area contributed by atoms with Gasteiger partial charge in [0.15, 0.2) is 0 Å². The first-order valence-electron chi connectivity index (χ1n) is 6.88. The van der Waals surface area contributed by atoms with Crippen molar-refractivity contribution in [3.63, 3.8) is 0 Å². The smallest absolute Gasteiger partial charge is 0.238 e. The Morgan fingerprint density at radius 2 is 2.05 bits per heavy atom. The quantitative estimate of drug-likeness (QED) is 0.756. The average Bonchev–Trinajstić information content (AvgIpc) is 2.35. The van der Waals surface area contributed by atoms with Crippen molar-refractivity contribution in [3.05, 3.63) is 29.8 Å². The van der Waals surface area contributed by atoms with Crippen LogP contribution < -0.4 is 11.1 Å². The van der Waals surface area contributed by atoms with Gasteiger partial charge in [0.2, 0.25) is 11.8 Å². The van der Waals surface area contributed by atoms with E-state index in [4.69, 9.17) is 5.73 Å². The van der Waals surface area contributed by atoms with Crippen molar-refractivity contribution in [1.29, 1.82) is 0 Å². The normalized spacial score (nSPS) is 10.6. The van der Waals surface area contributed by atoms with E-state index in [1.165, 1.54) is 0 Å². The molecule has 20 heavy (non-hydrogen) atoms. The molecule has 0 spiro atoms. The highest BCUT2D eigenvalue weighted by Crippen LogP contribution is 2.09. The number of nitrogens with one attached hydrogen (secondary N) is 1. The third kappa shape index (κ3) is 6.33. The van der Waals surface area contributed by atoms with Crippen LogP contribution in [0.25, 0.3) is 0 Å². The van der Waals surface area contributed by atoms with Gasteiger partial charge in [0.05, 0.1) is 13.1 Å². The van der Waals surface area contributed by atoms with Gasteiger partial charge in [-0.3, -0.25) is 14.5 Å². The minimum absolute atomic E-state index is 0.112. The van der Waals surface area contributed by atoms with Crippen LogP contribution in [-0.4, -0.2) is 36.3 Å². The molecule has 0 radical (unpaired) electrons. The van der Waals surface area contributed by atoms with Gasteiger partial charge in [-0.25, -0.2) is 0 Å². The number of carbonyl (C=O) groups excluding carboxylic acids is 2. The molecular formula is C15H23N3O2.